The second kappa shape index (κ2) is 66.1. The summed E-state index contributed by atoms with van der Waals surface area (Å²) in [5, 5.41) is 0. The Balaban J connectivity index is 4.46. The van der Waals surface area contributed by atoms with E-state index in [1.165, 1.54) is 135 Å². The molecule has 1 unspecified atom stereocenters. The number of hydrogen-bond acceptors (Lipinski definition) is 6. The average Bonchev–Trinajstić information content (AvgIpc) is 3.45. The molecule has 0 amide bonds. The van der Waals surface area contributed by atoms with Crippen molar-refractivity contribution in [1.82, 2.24) is 0 Å². The Kier molecular flexibility index (Phi) is 62.3. The Hall–Kier alpha value is -4.45. The van der Waals surface area contributed by atoms with Crippen LogP contribution >= 0.6 is 0 Å². The molecule has 0 bridgehead atoms. The van der Waals surface area contributed by atoms with E-state index in [1.807, 2.05) is 0 Å². The van der Waals surface area contributed by atoms with Crippen LogP contribution in [-0.4, -0.2) is 37.2 Å². The van der Waals surface area contributed by atoms with Gasteiger partial charge in [-0.25, -0.2) is 0 Å². The molecule has 0 aromatic heterocycles. The number of ether oxygens (including phenoxy) is 3. The molecule has 6 heteroatoms. The van der Waals surface area contributed by atoms with E-state index in [-0.39, 0.29) is 37.5 Å². The molecule has 0 saturated heterocycles. The zero-order valence-electron chi connectivity index (χ0n) is 51.3. The minimum absolute atomic E-state index is 0.103. The van der Waals surface area contributed by atoms with Gasteiger partial charge in [0, 0.05) is 19.3 Å². The quantitative estimate of drug-likeness (QED) is 0.0261. The van der Waals surface area contributed by atoms with E-state index in [4.69, 9.17) is 14.2 Å². The summed E-state index contributed by atoms with van der Waals surface area (Å²) >= 11 is 0. The summed E-state index contributed by atoms with van der Waals surface area (Å²) in [4.78, 5) is 38.4. The van der Waals surface area contributed by atoms with Gasteiger partial charge >= 0.3 is 17.9 Å². The van der Waals surface area contributed by atoms with E-state index in [0.29, 0.717) is 19.3 Å². The first kappa shape index (κ1) is 74.5. The summed E-state index contributed by atoms with van der Waals surface area (Å²) in [5.41, 5.74) is 0. The summed E-state index contributed by atoms with van der Waals surface area (Å²) in [7, 11) is 0. The van der Waals surface area contributed by atoms with Crippen molar-refractivity contribution in [3.8, 4) is 0 Å². The van der Waals surface area contributed by atoms with Gasteiger partial charge in [-0.15, -0.1) is 0 Å². The highest BCUT2D eigenvalue weighted by molar-refractivity contribution is 5.71. The first-order chi connectivity index (χ1) is 39.0. The Morgan fingerprint density at radius 2 is 0.506 bits per heavy atom. The minimum atomic E-state index is -0.812. The maximum atomic E-state index is 12.9. The lowest BCUT2D eigenvalue weighted by molar-refractivity contribution is -0.167. The first-order valence-corrected chi connectivity index (χ1v) is 32.7. The summed E-state index contributed by atoms with van der Waals surface area (Å²) in [5.74, 6) is -0.968. The number of carbonyl (C=O) groups is 3. The number of carbonyl (C=O) groups excluding carboxylic acids is 3. The second-order valence-corrected chi connectivity index (χ2v) is 21.3. The highest BCUT2D eigenvalue weighted by Crippen LogP contribution is 2.15. The van der Waals surface area contributed by atoms with Gasteiger partial charge in [-0.1, -0.05) is 276 Å². The largest absolute Gasteiger partial charge is 0.462 e. The number of hydrogen-bond donors (Lipinski definition) is 0. The molecule has 448 valence electrons. The van der Waals surface area contributed by atoms with Crippen molar-refractivity contribution in [2.75, 3.05) is 13.2 Å². The molecule has 0 aliphatic heterocycles. The van der Waals surface area contributed by atoms with E-state index in [2.05, 4.69) is 154 Å². The summed E-state index contributed by atoms with van der Waals surface area (Å²) in [6, 6.07) is 0. The fourth-order valence-corrected chi connectivity index (χ4v) is 8.79. The highest BCUT2D eigenvalue weighted by Gasteiger charge is 2.19. The van der Waals surface area contributed by atoms with Crippen molar-refractivity contribution >= 4 is 17.9 Å². The Labute approximate surface area is 487 Å². The predicted octanol–water partition coefficient (Wildman–Crippen LogP) is 22.5. The predicted molar refractivity (Wildman–Crippen MR) is 343 cm³/mol. The topological polar surface area (TPSA) is 78.9 Å². The fourth-order valence-electron chi connectivity index (χ4n) is 8.79. The smallest absolute Gasteiger partial charge is 0.306 e. The number of allylic oxidation sites excluding steroid dienone is 22. The van der Waals surface area contributed by atoms with Gasteiger partial charge < -0.3 is 14.2 Å². The maximum Gasteiger partial charge on any atom is 0.306 e. The summed E-state index contributed by atoms with van der Waals surface area (Å²) < 4.78 is 16.9. The third-order valence-corrected chi connectivity index (χ3v) is 13.6. The Morgan fingerprint density at radius 3 is 0.823 bits per heavy atom. The Morgan fingerprint density at radius 1 is 0.266 bits per heavy atom. The highest BCUT2D eigenvalue weighted by atomic mass is 16.6. The molecule has 0 radical (unpaired) electrons. The molecule has 0 fully saturated rings. The van der Waals surface area contributed by atoms with Gasteiger partial charge in [0.1, 0.15) is 13.2 Å². The molecular formula is C73H120O6. The van der Waals surface area contributed by atoms with Crippen LogP contribution in [0.4, 0.5) is 0 Å². The number of rotatable bonds is 58. The van der Waals surface area contributed by atoms with Gasteiger partial charge in [0.05, 0.1) is 0 Å². The minimum Gasteiger partial charge on any atom is -0.462 e. The third-order valence-electron chi connectivity index (χ3n) is 13.6. The molecule has 0 aromatic carbocycles. The first-order valence-electron chi connectivity index (χ1n) is 32.7. The van der Waals surface area contributed by atoms with Crippen LogP contribution in [0, 0.1) is 0 Å². The lowest BCUT2D eigenvalue weighted by atomic mass is 10.1. The van der Waals surface area contributed by atoms with Crippen molar-refractivity contribution in [3.63, 3.8) is 0 Å². The van der Waals surface area contributed by atoms with Crippen LogP contribution in [0.5, 0.6) is 0 Å². The van der Waals surface area contributed by atoms with Crippen molar-refractivity contribution in [3.05, 3.63) is 134 Å². The van der Waals surface area contributed by atoms with E-state index in [0.717, 1.165) is 109 Å². The average molecular weight is 1090 g/mol. The van der Waals surface area contributed by atoms with Gasteiger partial charge in [-0.2, -0.15) is 0 Å². The zero-order chi connectivity index (χ0) is 57.1. The van der Waals surface area contributed by atoms with Gasteiger partial charge in [0.25, 0.3) is 0 Å². The zero-order valence-corrected chi connectivity index (χ0v) is 51.3. The molecular weight excluding hydrogens is 973 g/mol. The van der Waals surface area contributed by atoms with Gasteiger partial charge in [0.2, 0.25) is 0 Å². The number of unbranched alkanes of at least 4 members (excludes halogenated alkanes) is 25. The van der Waals surface area contributed by atoms with Crippen LogP contribution in [0.2, 0.25) is 0 Å². The standard InChI is InChI=1S/C73H120O6/c1-4-7-10-13-16-19-22-25-28-31-33-35-36-38-39-42-45-48-51-54-57-60-63-66-72(75)78-69-70(68-77-71(74)65-62-59-56-53-50-47-44-41-30-27-24-21-18-15-12-9-6-3)79-73(76)67-64-61-58-55-52-49-46-43-40-37-34-32-29-26-23-20-17-14-11-8-5-2/h7,9-10,12,16,18-19,21,23,25-28,30,32-35,44,47,53,56,70H,4-6,8,11,13-15,17,20,22,24,29,31,36-43,45-46,48-52,54-55,57-69H2,1-3H3/b10-7-,12-9-,19-16-,21-18-,26-23-,28-25-,30-27-,34-32-,35-33-,47-44-,56-53-. The van der Waals surface area contributed by atoms with Crippen LogP contribution in [0.1, 0.15) is 290 Å². The van der Waals surface area contributed by atoms with E-state index in [9.17, 15) is 14.4 Å². The van der Waals surface area contributed by atoms with Crippen LogP contribution in [0.15, 0.2) is 134 Å². The molecule has 0 N–H and O–H groups in total. The molecule has 0 rings (SSSR count). The maximum absolute atomic E-state index is 12.9. The van der Waals surface area contributed by atoms with Crippen LogP contribution < -0.4 is 0 Å². The molecule has 0 saturated carbocycles. The normalized spacial score (nSPS) is 13.0. The monoisotopic (exact) mass is 1090 g/mol. The van der Waals surface area contributed by atoms with Crippen LogP contribution in [-0.2, 0) is 28.6 Å². The number of esters is 3. The molecule has 0 aromatic rings. The lowest BCUT2D eigenvalue weighted by Gasteiger charge is -2.18. The van der Waals surface area contributed by atoms with E-state index < -0.39 is 6.10 Å². The fraction of sp³-hybridized carbons (Fsp3) is 0.658. The van der Waals surface area contributed by atoms with Gasteiger partial charge in [0.15, 0.2) is 6.10 Å². The Bertz CT molecular complexity index is 1680. The van der Waals surface area contributed by atoms with Crippen molar-refractivity contribution in [1.29, 1.82) is 0 Å². The van der Waals surface area contributed by atoms with Crippen molar-refractivity contribution in [2.45, 2.75) is 297 Å². The third kappa shape index (κ3) is 64.3. The molecule has 79 heavy (non-hydrogen) atoms. The van der Waals surface area contributed by atoms with Gasteiger partial charge in [-0.3, -0.25) is 14.4 Å². The van der Waals surface area contributed by atoms with E-state index in [1.54, 1.807) is 0 Å². The van der Waals surface area contributed by atoms with Gasteiger partial charge in [-0.05, 0) is 128 Å². The summed E-state index contributed by atoms with van der Waals surface area (Å²) in [6.07, 6.45) is 93.2. The molecule has 0 aliphatic rings. The van der Waals surface area contributed by atoms with Crippen molar-refractivity contribution in [2.24, 2.45) is 0 Å². The van der Waals surface area contributed by atoms with Crippen molar-refractivity contribution < 1.29 is 28.6 Å². The molecule has 1 atom stereocenters. The summed E-state index contributed by atoms with van der Waals surface area (Å²) in [6.45, 7) is 6.36. The SMILES string of the molecule is CC/C=C\C/C=C\C/C=C\C/C=C\C/C=C\CCCC(=O)OCC(COC(=O)CCCCCCCCCCCC/C=C\C/C=C\C/C=C\C/C=C\CC)OC(=O)CCCCCCCCCCC/C=C\C/C=C\CCCCCCC. The van der Waals surface area contributed by atoms with Crippen LogP contribution in [0.3, 0.4) is 0 Å². The molecule has 0 heterocycles. The lowest BCUT2D eigenvalue weighted by Crippen LogP contribution is -2.30. The molecule has 0 spiro atoms. The van der Waals surface area contributed by atoms with Crippen LogP contribution in [0.25, 0.3) is 0 Å². The van der Waals surface area contributed by atoms with E-state index >= 15 is 0 Å². The molecule has 6 nitrogen and oxygen atoms in total. The second-order valence-electron chi connectivity index (χ2n) is 21.3. The molecule has 0 aliphatic carbocycles.